The molecule has 1 heterocycles. The number of carbonyl (C=O) groups is 1. The number of aromatic carboxylic acids is 1. The minimum absolute atomic E-state index is 0.289. The van der Waals surface area contributed by atoms with Crippen molar-refractivity contribution in [3.8, 4) is 0 Å². The molecule has 1 aromatic heterocycles. The van der Waals surface area contributed by atoms with Gasteiger partial charge in [0.15, 0.2) is 0 Å². The van der Waals surface area contributed by atoms with Gasteiger partial charge in [-0.05, 0) is 24.5 Å². The Balaban J connectivity index is 2.33. The molecule has 1 aromatic carbocycles. The topological polar surface area (TPSA) is 62.2 Å². The minimum Gasteiger partial charge on any atom is -0.478 e. The number of pyridine rings is 1. The SMILES string of the molecule is CC(C)CCNc1cc(C(=O)O)c2ccccc2n1. The molecule has 0 radical (unpaired) electrons. The van der Waals surface area contributed by atoms with E-state index in [9.17, 15) is 9.90 Å². The van der Waals surface area contributed by atoms with E-state index in [1.54, 1.807) is 12.1 Å². The highest BCUT2D eigenvalue weighted by Crippen LogP contribution is 2.20. The molecule has 2 N–H and O–H groups in total. The summed E-state index contributed by atoms with van der Waals surface area (Å²) in [6.07, 6.45) is 1.02. The average Bonchev–Trinajstić information content (AvgIpc) is 2.37. The molecule has 2 rings (SSSR count). The molecule has 100 valence electrons. The lowest BCUT2D eigenvalue weighted by molar-refractivity contribution is 0.0699. The molecular formula is C15H18N2O2. The second-order valence-electron chi connectivity index (χ2n) is 4.99. The van der Waals surface area contributed by atoms with Crippen LogP contribution in [0.4, 0.5) is 5.82 Å². The zero-order valence-electron chi connectivity index (χ0n) is 11.2. The van der Waals surface area contributed by atoms with Gasteiger partial charge in [-0.1, -0.05) is 32.0 Å². The zero-order valence-corrected chi connectivity index (χ0v) is 11.2. The van der Waals surface area contributed by atoms with Crippen molar-refractivity contribution in [2.45, 2.75) is 20.3 Å². The maximum absolute atomic E-state index is 11.3. The highest BCUT2D eigenvalue weighted by atomic mass is 16.4. The van der Waals surface area contributed by atoms with Gasteiger partial charge >= 0.3 is 5.97 Å². The summed E-state index contributed by atoms with van der Waals surface area (Å²) >= 11 is 0. The number of para-hydroxylation sites is 1. The Kier molecular flexibility index (Phi) is 4.00. The van der Waals surface area contributed by atoms with Crippen molar-refractivity contribution in [1.29, 1.82) is 0 Å². The molecule has 0 saturated heterocycles. The third-order valence-corrected chi connectivity index (χ3v) is 2.97. The number of hydrogen-bond donors (Lipinski definition) is 2. The summed E-state index contributed by atoms with van der Waals surface area (Å²) < 4.78 is 0. The summed E-state index contributed by atoms with van der Waals surface area (Å²) in [5, 5.41) is 13.1. The van der Waals surface area contributed by atoms with Crippen LogP contribution >= 0.6 is 0 Å². The molecule has 0 atom stereocenters. The van der Waals surface area contributed by atoms with Crippen molar-refractivity contribution in [2.24, 2.45) is 5.92 Å². The second kappa shape index (κ2) is 5.69. The lowest BCUT2D eigenvalue weighted by Gasteiger charge is -2.10. The fraction of sp³-hybridized carbons (Fsp3) is 0.333. The normalized spacial score (nSPS) is 10.9. The van der Waals surface area contributed by atoms with E-state index in [0.29, 0.717) is 22.6 Å². The predicted octanol–water partition coefficient (Wildman–Crippen LogP) is 3.39. The number of carboxylic acid groups (broad SMARTS) is 1. The summed E-state index contributed by atoms with van der Waals surface area (Å²) in [5.74, 6) is 0.300. The molecule has 0 fully saturated rings. The quantitative estimate of drug-likeness (QED) is 0.863. The number of fused-ring (bicyclic) bond motifs is 1. The molecule has 0 aliphatic rings. The van der Waals surface area contributed by atoms with Gasteiger partial charge < -0.3 is 10.4 Å². The summed E-state index contributed by atoms with van der Waals surface area (Å²) in [6, 6.07) is 8.89. The first-order chi connectivity index (χ1) is 9.08. The van der Waals surface area contributed by atoms with E-state index in [-0.39, 0.29) is 5.56 Å². The van der Waals surface area contributed by atoms with Crippen LogP contribution in [0.1, 0.15) is 30.6 Å². The van der Waals surface area contributed by atoms with Crippen LogP contribution in [0.25, 0.3) is 10.9 Å². The van der Waals surface area contributed by atoms with Gasteiger partial charge in [0.1, 0.15) is 5.82 Å². The lowest BCUT2D eigenvalue weighted by Crippen LogP contribution is -2.08. The van der Waals surface area contributed by atoms with E-state index in [0.717, 1.165) is 13.0 Å². The first kappa shape index (κ1) is 13.3. The molecule has 4 nitrogen and oxygen atoms in total. The number of carboxylic acids is 1. The Morgan fingerprint density at radius 2 is 2.11 bits per heavy atom. The number of anilines is 1. The van der Waals surface area contributed by atoms with E-state index >= 15 is 0 Å². The summed E-state index contributed by atoms with van der Waals surface area (Å²) in [7, 11) is 0. The van der Waals surface area contributed by atoms with Crippen LogP contribution in [-0.2, 0) is 0 Å². The molecule has 0 aliphatic carbocycles. The van der Waals surface area contributed by atoms with E-state index in [1.807, 2.05) is 18.2 Å². The monoisotopic (exact) mass is 258 g/mol. The van der Waals surface area contributed by atoms with Crippen molar-refractivity contribution in [3.05, 3.63) is 35.9 Å². The number of rotatable bonds is 5. The third-order valence-electron chi connectivity index (χ3n) is 2.97. The van der Waals surface area contributed by atoms with Crippen LogP contribution in [0.5, 0.6) is 0 Å². The lowest BCUT2D eigenvalue weighted by atomic mass is 10.1. The van der Waals surface area contributed by atoms with Crippen LogP contribution in [-0.4, -0.2) is 22.6 Å². The van der Waals surface area contributed by atoms with E-state index in [2.05, 4.69) is 24.1 Å². The number of nitrogens with zero attached hydrogens (tertiary/aromatic N) is 1. The third kappa shape index (κ3) is 3.22. The first-order valence-electron chi connectivity index (χ1n) is 6.45. The molecule has 0 unspecified atom stereocenters. The van der Waals surface area contributed by atoms with E-state index in [1.165, 1.54) is 0 Å². The smallest absolute Gasteiger partial charge is 0.336 e. The van der Waals surface area contributed by atoms with Crippen molar-refractivity contribution < 1.29 is 9.90 Å². The largest absolute Gasteiger partial charge is 0.478 e. The summed E-state index contributed by atoms with van der Waals surface area (Å²) in [5.41, 5.74) is 0.993. The number of nitrogens with one attached hydrogen (secondary N) is 1. The Labute approximate surface area is 112 Å². The summed E-state index contributed by atoms with van der Waals surface area (Å²) in [6.45, 7) is 5.10. The summed E-state index contributed by atoms with van der Waals surface area (Å²) in [4.78, 5) is 15.7. The molecule has 0 bridgehead atoms. The van der Waals surface area contributed by atoms with E-state index < -0.39 is 5.97 Å². The van der Waals surface area contributed by atoms with Gasteiger partial charge in [0.25, 0.3) is 0 Å². The minimum atomic E-state index is -0.925. The van der Waals surface area contributed by atoms with Gasteiger partial charge in [0, 0.05) is 11.9 Å². The van der Waals surface area contributed by atoms with Gasteiger partial charge in [0.05, 0.1) is 11.1 Å². The van der Waals surface area contributed by atoms with Gasteiger partial charge in [0.2, 0.25) is 0 Å². The molecule has 2 aromatic rings. The Morgan fingerprint density at radius 1 is 1.37 bits per heavy atom. The Hall–Kier alpha value is -2.10. The molecule has 0 amide bonds. The zero-order chi connectivity index (χ0) is 13.8. The molecule has 0 aliphatic heterocycles. The van der Waals surface area contributed by atoms with Gasteiger partial charge in [-0.2, -0.15) is 0 Å². The maximum atomic E-state index is 11.3. The van der Waals surface area contributed by atoms with E-state index in [4.69, 9.17) is 0 Å². The van der Waals surface area contributed by atoms with Crippen LogP contribution in [0, 0.1) is 5.92 Å². The van der Waals surface area contributed by atoms with Crippen molar-refractivity contribution in [1.82, 2.24) is 4.98 Å². The van der Waals surface area contributed by atoms with Gasteiger partial charge in [-0.25, -0.2) is 9.78 Å². The van der Waals surface area contributed by atoms with Crippen molar-refractivity contribution in [2.75, 3.05) is 11.9 Å². The Bertz CT molecular complexity index is 594. The van der Waals surface area contributed by atoms with Crippen LogP contribution < -0.4 is 5.32 Å². The van der Waals surface area contributed by atoms with Crippen LogP contribution in [0.2, 0.25) is 0 Å². The predicted molar refractivity (Wildman–Crippen MR) is 76.6 cm³/mol. The number of benzene rings is 1. The highest BCUT2D eigenvalue weighted by Gasteiger charge is 2.11. The van der Waals surface area contributed by atoms with Crippen molar-refractivity contribution >= 4 is 22.7 Å². The highest BCUT2D eigenvalue weighted by molar-refractivity contribution is 6.03. The second-order valence-corrected chi connectivity index (χ2v) is 4.99. The molecule has 0 spiro atoms. The van der Waals surface area contributed by atoms with Crippen LogP contribution in [0.3, 0.4) is 0 Å². The maximum Gasteiger partial charge on any atom is 0.336 e. The molecular weight excluding hydrogens is 240 g/mol. The Morgan fingerprint density at radius 3 is 2.79 bits per heavy atom. The fourth-order valence-electron chi connectivity index (χ4n) is 1.93. The standard InChI is InChI=1S/C15H18N2O2/c1-10(2)7-8-16-14-9-12(15(18)19)11-5-3-4-6-13(11)17-14/h3-6,9-10H,7-8H2,1-2H3,(H,16,17)(H,18,19). The molecule has 4 heteroatoms. The number of hydrogen-bond acceptors (Lipinski definition) is 3. The van der Waals surface area contributed by atoms with Gasteiger partial charge in [-0.3, -0.25) is 0 Å². The molecule has 0 saturated carbocycles. The molecule has 19 heavy (non-hydrogen) atoms. The number of aromatic nitrogens is 1. The average molecular weight is 258 g/mol. The van der Waals surface area contributed by atoms with Gasteiger partial charge in [-0.15, -0.1) is 0 Å². The fourth-order valence-corrected chi connectivity index (χ4v) is 1.93. The van der Waals surface area contributed by atoms with Crippen molar-refractivity contribution in [3.63, 3.8) is 0 Å². The van der Waals surface area contributed by atoms with Crippen LogP contribution in [0.15, 0.2) is 30.3 Å². The first-order valence-corrected chi connectivity index (χ1v) is 6.45.